The Bertz CT molecular complexity index is 1360. The standard InChI is InChI=1S/C23H22FN7O2/c1-23(2,3)19(21-28-29-22(26)33-21)27-20(32)17-15-5-4-6-16(24)18(15)31(30-17)12-14-9-7-13(11-25)8-10-14/h4-10,19H,12H2,1-3H3,(H2,26,29)(H,27,32)/t19-/m1/s1. The first-order chi connectivity index (χ1) is 15.7. The molecule has 2 aromatic carbocycles. The number of hydrogen-bond donors (Lipinski definition) is 2. The van der Waals surface area contributed by atoms with Crippen molar-refractivity contribution >= 4 is 22.8 Å². The van der Waals surface area contributed by atoms with Gasteiger partial charge in [0.15, 0.2) is 5.69 Å². The molecule has 0 unspecified atom stereocenters. The lowest BCUT2D eigenvalue weighted by Gasteiger charge is -2.28. The summed E-state index contributed by atoms with van der Waals surface area (Å²) in [5.41, 5.74) is 6.68. The number of para-hydroxylation sites is 1. The molecular formula is C23H22FN7O2. The number of nitrogen functional groups attached to an aromatic ring is 1. The molecule has 0 aliphatic rings. The monoisotopic (exact) mass is 447 g/mol. The first-order valence-electron chi connectivity index (χ1n) is 10.2. The predicted octanol–water partition coefficient (Wildman–Crippen LogP) is 3.58. The second-order valence-corrected chi connectivity index (χ2v) is 8.70. The molecule has 9 nitrogen and oxygen atoms in total. The molecule has 0 saturated carbocycles. The van der Waals surface area contributed by atoms with Gasteiger partial charge in [0, 0.05) is 5.39 Å². The van der Waals surface area contributed by atoms with Crippen molar-refractivity contribution in [2.24, 2.45) is 5.41 Å². The van der Waals surface area contributed by atoms with E-state index in [-0.39, 0.29) is 29.7 Å². The summed E-state index contributed by atoms with van der Waals surface area (Å²) in [4.78, 5) is 13.3. The maximum atomic E-state index is 14.8. The highest BCUT2D eigenvalue weighted by Crippen LogP contribution is 2.33. The van der Waals surface area contributed by atoms with Crippen molar-refractivity contribution in [3.63, 3.8) is 0 Å². The summed E-state index contributed by atoms with van der Waals surface area (Å²) in [6, 6.07) is 12.7. The maximum Gasteiger partial charge on any atom is 0.312 e. The number of amides is 1. The number of carbonyl (C=O) groups excluding carboxylic acids is 1. The first kappa shape index (κ1) is 22.0. The fourth-order valence-electron chi connectivity index (χ4n) is 3.54. The van der Waals surface area contributed by atoms with Crippen LogP contribution in [0.15, 0.2) is 46.9 Å². The first-order valence-corrected chi connectivity index (χ1v) is 10.2. The van der Waals surface area contributed by atoms with Crippen molar-refractivity contribution in [2.75, 3.05) is 5.73 Å². The Morgan fingerprint density at radius 2 is 1.97 bits per heavy atom. The van der Waals surface area contributed by atoms with Crippen molar-refractivity contribution in [2.45, 2.75) is 33.4 Å². The summed E-state index contributed by atoms with van der Waals surface area (Å²) in [5.74, 6) is -0.841. The molecule has 0 saturated heterocycles. The third-order valence-electron chi connectivity index (χ3n) is 5.20. The summed E-state index contributed by atoms with van der Waals surface area (Å²) in [7, 11) is 0. The molecular weight excluding hydrogens is 425 g/mol. The second kappa shape index (κ2) is 8.35. The molecule has 1 atom stereocenters. The molecule has 2 heterocycles. The van der Waals surface area contributed by atoms with Gasteiger partial charge in [-0.3, -0.25) is 9.48 Å². The van der Waals surface area contributed by atoms with Crippen LogP contribution in [0.5, 0.6) is 0 Å². The van der Waals surface area contributed by atoms with Crippen LogP contribution in [0, 0.1) is 22.6 Å². The summed E-state index contributed by atoms with van der Waals surface area (Å²) in [6.45, 7) is 5.93. The molecule has 0 aliphatic heterocycles. The van der Waals surface area contributed by atoms with Gasteiger partial charge >= 0.3 is 6.01 Å². The Kier molecular flexibility index (Phi) is 5.55. The third-order valence-corrected chi connectivity index (χ3v) is 5.20. The van der Waals surface area contributed by atoms with Gasteiger partial charge in [0.05, 0.1) is 18.2 Å². The average Bonchev–Trinajstić information content (AvgIpc) is 3.36. The molecule has 33 heavy (non-hydrogen) atoms. The van der Waals surface area contributed by atoms with E-state index in [9.17, 15) is 9.18 Å². The smallest absolute Gasteiger partial charge is 0.312 e. The highest BCUT2D eigenvalue weighted by Gasteiger charge is 2.34. The number of nitrogens with two attached hydrogens (primary N) is 1. The molecule has 0 bridgehead atoms. The van der Waals surface area contributed by atoms with Gasteiger partial charge in [-0.1, -0.05) is 50.1 Å². The van der Waals surface area contributed by atoms with Crippen molar-refractivity contribution in [1.29, 1.82) is 5.26 Å². The lowest BCUT2D eigenvalue weighted by molar-refractivity contribution is 0.0882. The SMILES string of the molecule is CC(C)(C)[C@H](NC(=O)c1nn(Cc2ccc(C#N)cc2)c2c(F)cccc12)c1nnc(N)o1. The Labute approximate surface area is 189 Å². The highest BCUT2D eigenvalue weighted by atomic mass is 19.1. The van der Waals surface area contributed by atoms with Gasteiger partial charge in [-0.15, -0.1) is 5.10 Å². The average molecular weight is 447 g/mol. The number of halogens is 1. The van der Waals surface area contributed by atoms with Crippen molar-refractivity contribution in [3.05, 3.63) is 71.0 Å². The minimum Gasteiger partial charge on any atom is -0.406 e. The van der Waals surface area contributed by atoms with Gasteiger partial charge in [0.25, 0.3) is 5.91 Å². The fraction of sp³-hybridized carbons (Fsp3) is 0.261. The van der Waals surface area contributed by atoms with Gasteiger partial charge in [-0.05, 0) is 29.2 Å². The molecule has 0 radical (unpaired) electrons. The number of carbonyl (C=O) groups is 1. The van der Waals surface area contributed by atoms with Crippen LogP contribution in [0.25, 0.3) is 10.9 Å². The number of nitrogens with zero attached hydrogens (tertiary/aromatic N) is 5. The summed E-state index contributed by atoms with van der Waals surface area (Å²) < 4.78 is 21.6. The largest absolute Gasteiger partial charge is 0.406 e. The van der Waals surface area contributed by atoms with Crippen LogP contribution in [-0.4, -0.2) is 25.9 Å². The minimum absolute atomic E-state index is 0.0693. The number of benzene rings is 2. The van der Waals surface area contributed by atoms with Crippen LogP contribution in [0.3, 0.4) is 0 Å². The molecule has 1 amide bonds. The van der Waals surface area contributed by atoms with Crippen LogP contribution in [0.4, 0.5) is 10.4 Å². The zero-order chi connectivity index (χ0) is 23.8. The quantitative estimate of drug-likeness (QED) is 0.477. The van der Waals surface area contributed by atoms with Crippen LogP contribution < -0.4 is 11.1 Å². The number of nitrogens with one attached hydrogen (secondary N) is 1. The molecule has 2 aromatic heterocycles. The fourth-order valence-corrected chi connectivity index (χ4v) is 3.54. The highest BCUT2D eigenvalue weighted by molar-refractivity contribution is 6.05. The normalized spacial score (nSPS) is 12.5. The molecule has 0 spiro atoms. The van der Waals surface area contributed by atoms with E-state index in [4.69, 9.17) is 15.4 Å². The van der Waals surface area contributed by atoms with E-state index in [1.165, 1.54) is 16.8 Å². The molecule has 4 aromatic rings. The molecule has 0 aliphatic carbocycles. The van der Waals surface area contributed by atoms with Crippen LogP contribution in [0.2, 0.25) is 0 Å². The Balaban J connectivity index is 1.72. The van der Waals surface area contributed by atoms with E-state index < -0.39 is 23.2 Å². The van der Waals surface area contributed by atoms with Gasteiger partial charge < -0.3 is 15.5 Å². The second-order valence-electron chi connectivity index (χ2n) is 8.70. The number of nitriles is 1. The molecule has 168 valence electrons. The van der Waals surface area contributed by atoms with Crippen molar-refractivity contribution in [3.8, 4) is 6.07 Å². The summed E-state index contributed by atoms with van der Waals surface area (Å²) in [6.07, 6.45) is 0. The summed E-state index contributed by atoms with van der Waals surface area (Å²) in [5, 5.41) is 24.3. The Hall–Kier alpha value is -4.26. The van der Waals surface area contributed by atoms with Crippen LogP contribution >= 0.6 is 0 Å². The van der Waals surface area contributed by atoms with Crippen molar-refractivity contribution in [1.82, 2.24) is 25.3 Å². The Morgan fingerprint density at radius 1 is 1.24 bits per heavy atom. The van der Waals surface area contributed by atoms with Crippen molar-refractivity contribution < 1.29 is 13.6 Å². The molecule has 4 rings (SSSR count). The van der Waals surface area contributed by atoms with E-state index >= 15 is 0 Å². The van der Waals surface area contributed by atoms with E-state index in [1.54, 1.807) is 30.3 Å². The molecule has 0 fully saturated rings. The topological polar surface area (TPSA) is 136 Å². The lowest BCUT2D eigenvalue weighted by atomic mass is 9.86. The number of fused-ring (bicyclic) bond motifs is 1. The molecule has 3 N–H and O–H groups in total. The molecule has 10 heteroatoms. The lowest BCUT2D eigenvalue weighted by Crippen LogP contribution is -2.37. The number of rotatable bonds is 5. The van der Waals surface area contributed by atoms with E-state index in [0.29, 0.717) is 10.9 Å². The summed E-state index contributed by atoms with van der Waals surface area (Å²) >= 11 is 0. The van der Waals surface area contributed by atoms with E-state index in [0.717, 1.165) is 5.56 Å². The maximum absolute atomic E-state index is 14.8. The van der Waals surface area contributed by atoms with Gasteiger partial charge in [-0.2, -0.15) is 10.4 Å². The van der Waals surface area contributed by atoms with Gasteiger partial charge in [0.1, 0.15) is 17.4 Å². The van der Waals surface area contributed by atoms with Crippen LogP contribution in [0.1, 0.15) is 54.3 Å². The van der Waals surface area contributed by atoms with E-state index in [2.05, 4.69) is 26.7 Å². The van der Waals surface area contributed by atoms with E-state index in [1.807, 2.05) is 20.8 Å². The third kappa shape index (κ3) is 4.39. The number of hydrogen-bond acceptors (Lipinski definition) is 7. The number of aromatic nitrogens is 4. The zero-order valence-electron chi connectivity index (χ0n) is 18.3. The van der Waals surface area contributed by atoms with Gasteiger partial charge in [-0.25, -0.2) is 4.39 Å². The number of anilines is 1. The van der Waals surface area contributed by atoms with Crippen LogP contribution in [-0.2, 0) is 6.54 Å². The van der Waals surface area contributed by atoms with Gasteiger partial charge in [0.2, 0.25) is 5.89 Å². The predicted molar refractivity (Wildman–Crippen MR) is 118 cm³/mol. The Morgan fingerprint density at radius 3 is 2.58 bits per heavy atom. The minimum atomic E-state index is -0.651. The zero-order valence-corrected chi connectivity index (χ0v) is 18.3.